The number of aromatic nitrogens is 2. The van der Waals surface area contributed by atoms with Crippen LogP contribution in [0.25, 0.3) is 49.7 Å². The van der Waals surface area contributed by atoms with E-state index < -0.39 is 0 Å². The van der Waals surface area contributed by atoms with E-state index in [9.17, 15) is 0 Å². The van der Waals surface area contributed by atoms with Crippen molar-refractivity contribution in [2.24, 2.45) is 17.8 Å². The Morgan fingerprint density at radius 3 is 1.94 bits per heavy atom. The van der Waals surface area contributed by atoms with Crippen LogP contribution in [0.15, 0.2) is 206 Å². The van der Waals surface area contributed by atoms with Crippen LogP contribution < -0.4 is 9.80 Å². The second kappa shape index (κ2) is 16.6. The summed E-state index contributed by atoms with van der Waals surface area (Å²) >= 11 is 0. The Labute approximate surface area is 389 Å². The van der Waals surface area contributed by atoms with Crippen LogP contribution in [0.3, 0.4) is 0 Å². The fourth-order valence-corrected chi connectivity index (χ4v) is 11.5. The summed E-state index contributed by atoms with van der Waals surface area (Å²) < 4.78 is 4.97. The maximum absolute atomic E-state index is 2.58. The van der Waals surface area contributed by atoms with Gasteiger partial charge in [0.25, 0.3) is 0 Å². The number of rotatable bonds is 9. The topological polar surface area (TPSA) is 16.3 Å². The predicted octanol–water partition coefficient (Wildman–Crippen LogP) is 16.4. The molecule has 0 N–H and O–H groups in total. The molecule has 4 aliphatic rings. The van der Waals surface area contributed by atoms with Crippen molar-refractivity contribution >= 4 is 66.7 Å². The second-order valence-corrected chi connectivity index (χ2v) is 19.1. The minimum atomic E-state index is 0.320. The lowest BCUT2D eigenvalue weighted by Gasteiger charge is -2.33. The monoisotopic (exact) mass is 856 g/mol. The first-order valence-electron chi connectivity index (χ1n) is 24.1. The van der Waals surface area contributed by atoms with Crippen molar-refractivity contribution in [2.45, 2.75) is 59.3 Å². The van der Waals surface area contributed by atoms with E-state index in [0.717, 1.165) is 38.5 Å². The zero-order valence-electron chi connectivity index (χ0n) is 38.2. The molecule has 12 rings (SSSR count). The fraction of sp³-hybridized carbons (Fsp3) is 0.194. The highest BCUT2D eigenvalue weighted by Gasteiger charge is 2.29. The summed E-state index contributed by atoms with van der Waals surface area (Å²) in [6, 6.07) is 54.0. The van der Waals surface area contributed by atoms with Crippen molar-refractivity contribution in [2.75, 3.05) is 9.80 Å². The van der Waals surface area contributed by atoms with Crippen LogP contribution in [0.1, 0.15) is 63.3 Å². The van der Waals surface area contributed by atoms with Gasteiger partial charge in [-0.1, -0.05) is 118 Å². The Morgan fingerprint density at radius 1 is 0.530 bits per heavy atom. The van der Waals surface area contributed by atoms with E-state index in [4.69, 9.17) is 0 Å². The Balaban J connectivity index is 0.898. The molecule has 0 saturated heterocycles. The van der Waals surface area contributed by atoms with Crippen LogP contribution in [0.4, 0.5) is 22.7 Å². The highest BCUT2D eigenvalue weighted by atomic mass is 15.2. The van der Waals surface area contributed by atoms with Crippen LogP contribution in [0.2, 0.25) is 0 Å². The average molecular weight is 857 g/mol. The van der Waals surface area contributed by atoms with E-state index in [1.54, 1.807) is 0 Å². The number of allylic oxidation sites excluding steroid dienone is 12. The SMILES string of the molecule is CC1C=C(n2c3c(c4cc(N(C5=CC=CCC5)c5ccc(C6=CC=C(N(c7ccccc7)c7ccc8c(c7)c7ccccc7n8-c7ccccc7)CC6C)cc5)ccc42)CC(C)C3)C=CC1. The maximum Gasteiger partial charge on any atom is 0.0542 e. The average Bonchev–Trinajstić information content (AvgIpc) is 4.00. The molecule has 8 aromatic rings. The summed E-state index contributed by atoms with van der Waals surface area (Å²) in [5.74, 6) is 1.53. The lowest BCUT2D eigenvalue weighted by Crippen LogP contribution is -2.20. The lowest BCUT2D eigenvalue weighted by molar-refractivity contribution is 0.619. The molecule has 2 aromatic heterocycles. The molecule has 6 aromatic carbocycles. The molecule has 0 fully saturated rings. The van der Waals surface area contributed by atoms with Crippen molar-refractivity contribution in [3.8, 4) is 5.69 Å². The van der Waals surface area contributed by atoms with E-state index in [-0.39, 0.29) is 0 Å². The first-order chi connectivity index (χ1) is 32.5. The van der Waals surface area contributed by atoms with Crippen molar-refractivity contribution < 1.29 is 0 Å². The van der Waals surface area contributed by atoms with Crippen LogP contribution in [-0.2, 0) is 12.8 Å². The molecule has 0 radical (unpaired) electrons. The maximum atomic E-state index is 2.58. The first-order valence-corrected chi connectivity index (χ1v) is 24.1. The molecule has 2 heterocycles. The molecule has 4 heteroatoms. The summed E-state index contributed by atoms with van der Waals surface area (Å²) in [6.07, 6.45) is 25.1. The van der Waals surface area contributed by atoms with Gasteiger partial charge in [-0.2, -0.15) is 0 Å². The Morgan fingerprint density at radius 2 is 1.20 bits per heavy atom. The van der Waals surface area contributed by atoms with Gasteiger partial charge in [0.1, 0.15) is 0 Å². The number of fused-ring (bicyclic) bond motifs is 6. The van der Waals surface area contributed by atoms with E-state index >= 15 is 0 Å². The highest BCUT2D eigenvalue weighted by Crippen LogP contribution is 2.45. The third kappa shape index (κ3) is 6.98. The van der Waals surface area contributed by atoms with E-state index in [1.165, 1.54) is 101 Å². The van der Waals surface area contributed by atoms with Gasteiger partial charge in [0.2, 0.25) is 0 Å². The molecular weight excluding hydrogens is 801 g/mol. The number of anilines is 4. The standard InChI is InChI=1S/C62H56N4/c1-42-16-15-23-50(36-42)66-61-35-31-52(41-58(61)56-37-43(2)38-62(56)66)63(46-17-7-4-8-18-46)49-28-26-45(27-29-49)54-33-30-51(39-44(54)3)64(47-19-9-5-10-20-47)53-32-34-60-57(40-53)55-24-13-14-25-59(55)65(60)48-21-11-6-12-22-48/h4-7,9-15,17,19-36,40-44H,8,16,18,37-39H2,1-3H3. The van der Waals surface area contributed by atoms with Gasteiger partial charge in [-0.15, -0.1) is 0 Å². The van der Waals surface area contributed by atoms with Crippen molar-refractivity contribution in [3.63, 3.8) is 0 Å². The number of hydrogen-bond acceptors (Lipinski definition) is 2. The zero-order chi connectivity index (χ0) is 44.3. The van der Waals surface area contributed by atoms with Gasteiger partial charge in [0, 0.05) is 67.4 Å². The third-order valence-electron chi connectivity index (χ3n) is 14.5. The van der Waals surface area contributed by atoms with E-state index in [2.05, 4.69) is 234 Å². The molecule has 0 aliphatic heterocycles. The van der Waals surface area contributed by atoms with Crippen molar-refractivity contribution in [1.82, 2.24) is 9.13 Å². The summed E-state index contributed by atoms with van der Waals surface area (Å²) in [4.78, 5) is 4.98. The molecule has 324 valence electrons. The second-order valence-electron chi connectivity index (χ2n) is 19.1. The van der Waals surface area contributed by atoms with Gasteiger partial charge in [0.15, 0.2) is 0 Å². The normalized spacial score (nSPS) is 19.2. The number of benzene rings is 6. The van der Waals surface area contributed by atoms with Gasteiger partial charge in [-0.05, 0) is 170 Å². The van der Waals surface area contributed by atoms with Gasteiger partial charge in [-0.3, -0.25) is 0 Å². The minimum absolute atomic E-state index is 0.320. The summed E-state index contributed by atoms with van der Waals surface area (Å²) in [6.45, 7) is 7.13. The molecule has 0 saturated carbocycles. The highest BCUT2D eigenvalue weighted by molar-refractivity contribution is 6.10. The van der Waals surface area contributed by atoms with Crippen LogP contribution in [0, 0.1) is 17.8 Å². The molecule has 4 nitrogen and oxygen atoms in total. The zero-order valence-corrected chi connectivity index (χ0v) is 38.2. The Bertz CT molecular complexity index is 3350. The molecule has 0 spiro atoms. The molecule has 3 atom stereocenters. The first kappa shape index (κ1) is 40.2. The van der Waals surface area contributed by atoms with Gasteiger partial charge in [-0.25, -0.2) is 0 Å². The molecule has 0 amide bonds. The molecule has 0 bridgehead atoms. The van der Waals surface area contributed by atoms with Gasteiger partial charge in [0.05, 0.1) is 16.6 Å². The van der Waals surface area contributed by atoms with Crippen molar-refractivity contribution in [1.29, 1.82) is 0 Å². The summed E-state index contributed by atoms with van der Waals surface area (Å²) in [7, 11) is 0. The fourth-order valence-electron chi connectivity index (χ4n) is 11.5. The van der Waals surface area contributed by atoms with Crippen molar-refractivity contribution in [3.05, 3.63) is 222 Å². The summed E-state index contributed by atoms with van der Waals surface area (Å²) in [5.41, 5.74) is 19.4. The minimum Gasteiger partial charge on any atom is -0.314 e. The predicted molar refractivity (Wildman–Crippen MR) is 280 cm³/mol. The van der Waals surface area contributed by atoms with Crippen LogP contribution >= 0.6 is 0 Å². The molecular formula is C62H56N4. The molecule has 4 aliphatic carbocycles. The largest absolute Gasteiger partial charge is 0.314 e. The van der Waals surface area contributed by atoms with Crippen LogP contribution in [0.5, 0.6) is 0 Å². The van der Waals surface area contributed by atoms with E-state index in [1.807, 2.05) is 0 Å². The molecule has 3 unspecified atom stereocenters. The smallest absolute Gasteiger partial charge is 0.0542 e. The lowest BCUT2D eigenvalue weighted by atomic mass is 9.86. The van der Waals surface area contributed by atoms with Crippen LogP contribution in [-0.4, -0.2) is 9.13 Å². The quantitative estimate of drug-likeness (QED) is 0.144. The number of hydrogen-bond donors (Lipinski definition) is 0. The Hall–Kier alpha value is -7.30. The van der Waals surface area contributed by atoms with Gasteiger partial charge < -0.3 is 18.9 Å². The van der Waals surface area contributed by atoms with E-state index in [0.29, 0.717) is 17.8 Å². The molecule has 66 heavy (non-hydrogen) atoms. The summed E-state index contributed by atoms with van der Waals surface area (Å²) in [5, 5.41) is 3.92. The Kier molecular flexibility index (Phi) is 10.1. The number of nitrogens with zero attached hydrogens (tertiary/aromatic N) is 4. The third-order valence-corrected chi connectivity index (χ3v) is 14.5. The van der Waals surface area contributed by atoms with Gasteiger partial charge >= 0.3 is 0 Å². The number of para-hydroxylation sites is 3.